The van der Waals surface area contributed by atoms with Gasteiger partial charge in [0.05, 0.1) is 5.69 Å². The smallest absolute Gasteiger partial charge is 0.159 e. The third kappa shape index (κ3) is 5.32. The van der Waals surface area contributed by atoms with Gasteiger partial charge in [0.15, 0.2) is 5.58 Å². The third-order valence-corrected chi connectivity index (χ3v) is 12.0. The van der Waals surface area contributed by atoms with Gasteiger partial charge in [-0.25, -0.2) is 0 Å². The summed E-state index contributed by atoms with van der Waals surface area (Å²) in [5.74, 6) is 0. The number of thiophene rings is 1. The first-order valence-electron chi connectivity index (χ1n) is 18.7. The van der Waals surface area contributed by atoms with Gasteiger partial charge < -0.3 is 9.32 Å². The number of rotatable bonds is 6. The van der Waals surface area contributed by atoms with Gasteiger partial charge in [0.1, 0.15) is 5.58 Å². The Balaban J connectivity index is 1.17. The van der Waals surface area contributed by atoms with Crippen molar-refractivity contribution in [3.8, 4) is 33.4 Å². The van der Waals surface area contributed by atoms with Gasteiger partial charge in [-0.15, -0.1) is 11.3 Å². The van der Waals surface area contributed by atoms with Crippen LogP contribution in [0.2, 0.25) is 0 Å². The van der Waals surface area contributed by atoms with E-state index in [1.165, 1.54) is 64.3 Å². The lowest BCUT2D eigenvalue weighted by Crippen LogP contribution is -2.10. The molecule has 0 unspecified atom stereocenters. The fourth-order valence-electron chi connectivity index (χ4n) is 8.27. The summed E-state index contributed by atoms with van der Waals surface area (Å²) in [6, 6.07) is 72.3. The molecule has 0 atom stereocenters. The molecule has 0 amide bonds. The van der Waals surface area contributed by atoms with Crippen molar-refractivity contribution in [1.82, 2.24) is 0 Å². The highest BCUT2D eigenvalue weighted by molar-refractivity contribution is 7.25. The molecule has 0 spiro atoms. The van der Waals surface area contributed by atoms with Gasteiger partial charge in [-0.3, -0.25) is 0 Å². The minimum atomic E-state index is 0.863. The zero-order chi connectivity index (χ0) is 36.3. The number of hydrogen-bond acceptors (Lipinski definition) is 3. The summed E-state index contributed by atoms with van der Waals surface area (Å²) in [6.45, 7) is 0. The SMILES string of the molecule is c1ccc(-c2ccc(N(c3ccc(-c4cccc5ccccc45)c(-c4ccc5sc6ccccc6c5c4)c3)c3cccc4c3oc3ccccc34)cc2)cc1. The topological polar surface area (TPSA) is 16.4 Å². The van der Waals surface area contributed by atoms with Crippen LogP contribution in [0.25, 0.3) is 86.3 Å². The lowest BCUT2D eigenvalue weighted by atomic mass is 9.90. The van der Waals surface area contributed by atoms with E-state index in [1.807, 2.05) is 17.4 Å². The predicted octanol–water partition coefficient (Wildman–Crippen LogP) is 15.6. The first-order chi connectivity index (χ1) is 27.3. The molecule has 55 heavy (non-hydrogen) atoms. The Labute approximate surface area is 322 Å². The van der Waals surface area contributed by atoms with Crippen molar-refractivity contribution >= 4 is 81.3 Å². The molecule has 0 saturated heterocycles. The second kappa shape index (κ2) is 12.9. The van der Waals surface area contributed by atoms with Crippen LogP contribution in [-0.4, -0.2) is 0 Å². The third-order valence-electron chi connectivity index (χ3n) is 10.9. The maximum absolute atomic E-state index is 6.70. The van der Waals surface area contributed by atoms with Crippen LogP contribution in [0.1, 0.15) is 0 Å². The molecule has 0 aliphatic heterocycles. The van der Waals surface area contributed by atoms with Crippen molar-refractivity contribution in [1.29, 1.82) is 0 Å². The highest BCUT2D eigenvalue weighted by Gasteiger charge is 2.22. The molecule has 11 aromatic rings. The fourth-order valence-corrected chi connectivity index (χ4v) is 9.35. The van der Waals surface area contributed by atoms with Gasteiger partial charge in [0.25, 0.3) is 0 Å². The standard InChI is InChI=1S/C52H33NOS/c1-2-12-34(13-3-1)35-24-27-38(28-25-35)53(48-21-11-20-45-43-17-6-8-22-49(43)54-52(45)48)39-29-30-42(41-19-10-15-36-14-4-5-16-40(36)41)46(33-39)37-26-31-51-47(32-37)44-18-7-9-23-50(44)55-51/h1-33H. The molecule has 0 aliphatic carbocycles. The molecule has 2 nitrogen and oxygen atoms in total. The van der Waals surface area contributed by atoms with Gasteiger partial charge in [0.2, 0.25) is 0 Å². The average molecular weight is 720 g/mol. The Morgan fingerprint density at radius 2 is 1.02 bits per heavy atom. The van der Waals surface area contributed by atoms with Crippen molar-refractivity contribution in [3.05, 3.63) is 200 Å². The lowest BCUT2D eigenvalue weighted by molar-refractivity contribution is 0.669. The van der Waals surface area contributed by atoms with Crippen LogP contribution >= 0.6 is 11.3 Å². The number of anilines is 3. The van der Waals surface area contributed by atoms with Crippen molar-refractivity contribution in [2.75, 3.05) is 4.90 Å². The molecule has 9 aromatic carbocycles. The molecule has 11 rings (SSSR count). The summed E-state index contributed by atoms with van der Waals surface area (Å²) in [7, 11) is 0. The van der Waals surface area contributed by atoms with E-state index in [1.54, 1.807) is 0 Å². The van der Waals surface area contributed by atoms with E-state index in [2.05, 4.69) is 199 Å². The molecule has 258 valence electrons. The first kappa shape index (κ1) is 31.6. The van der Waals surface area contributed by atoms with Gasteiger partial charge >= 0.3 is 0 Å². The average Bonchev–Trinajstić information content (AvgIpc) is 3.83. The summed E-state index contributed by atoms with van der Waals surface area (Å²) in [5, 5.41) is 7.26. The Morgan fingerprint density at radius 3 is 1.91 bits per heavy atom. The number of hydrogen-bond donors (Lipinski definition) is 0. The second-order valence-corrected chi connectivity index (χ2v) is 15.1. The van der Waals surface area contributed by atoms with E-state index >= 15 is 0 Å². The Hall–Kier alpha value is -6.94. The highest BCUT2D eigenvalue weighted by Crippen LogP contribution is 2.46. The first-order valence-corrected chi connectivity index (χ1v) is 19.5. The van der Waals surface area contributed by atoms with Crippen LogP contribution in [0.4, 0.5) is 17.1 Å². The van der Waals surface area contributed by atoms with Crippen LogP contribution in [-0.2, 0) is 0 Å². The van der Waals surface area contributed by atoms with Gasteiger partial charge in [-0.05, 0) is 98.8 Å². The van der Waals surface area contributed by atoms with Crippen LogP contribution in [0.5, 0.6) is 0 Å². The quantitative estimate of drug-likeness (QED) is 0.170. The monoisotopic (exact) mass is 719 g/mol. The maximum Gasteiger partial charge on any atom is 0.159 e. The number of benzene rings is 9. The van der Waals surface area contributed by atoms with E-state index in [0.717, 1.165) is 39.0 Å². The fraction of sp³-hybridized carbons (Fsp3) is 0. The summed E-state index contributed by atoms with van der Waals surface area (Å²) in [6.07, 6.45) is 0. The summed E-state index contributed by atoms with van der Waals surface area (Å²) in [4.78, 5) is 2.36. The number of nitrogens with zero attached hydrogens (tertiary/aromatic N) is 1. The Bertz CT molecular complexity index is 3200. The van der Waals surface area contributed by atoms with Crippen LogP contribution in [0, 0.1) is 0 Å². The van der Waals surface area contributed by atoms with Crippen molar-refractivity contribution in [2.24, 2.45) is 0 Å². The molecule has 0 saturated carbocycles. The van der Waals surface area contributed by atoms with Gasteiger partial charge in [0, 0.05) is 42.3 Å². The Morgan fingerprint density at radius 1 is 0.364 bits per heavy atom. The van der Waals surface area contributed by atoms with E-state index in [4.69, 9.17) is 4.42 Å². The van der Waals surface area contributed by atoms with E-state index in [9.17, 15) is 0 Å². The van der Waals surface area contributed by atoms with Crippen molar-refractivity contribution in [3.63, 3.8) is 0 Å². The van der Waals surface area contributed by atoms with Crippen LogP contribution in [0.3, 0.4) is 0 Å². The minimum Gasteiger partial charge on any atom is -0.454 e. The molecule has 0 N–H and O–H groups in total. The second-order valence-electron chi connectivity index (χ2n) is 14.1. The highest BCUT2D eigenvalue weighted by atomic mass is 32.1. The molecule has 2 heterocycles. The molecule has 0 fully saturated rings. The normalized spacial score (nSPS) is 11.6. The predicted molar refractivity (Wildman–Crippen MR) is 235 cm³/mol. The summed E-state index contributed by atoms with van der Waals surface area (Å²) < 4.78 is 9.30. The number of para-hydroxylation sites is 2. The lowest BCUT2D eigenvalue weighted by Gasteiger charge is -2.27. The van der Waals surface area contributed by atoms with E-state index in [0.29, 0.717) is 0 Å². The molecule has 0 bridgehead atoms. The molecular formula is C52H33NOS. The maximum atomic E-state index is 6.70. The molecule has 0 radical (unpaired) electrons. The summed E-state index contributed by atoms with van der Waals surface area (Å²) in [5.41, 5.74) is 12.0. The minimum absolute atomic E-state index is 0.863. The molecule has 3 heteroatoms. The molecule has 2 aromatic heterocycles. The number of furan rings is 1. The van der Waals surface area contributed by atoms with Crippen molar-refractivity contribution < 1.29 is 4.42 Å². The van der Waals surface area contributed by atoms with Crippen molar-refractivity contribution in [2.45, 2.75) is 0 Å². The zero-order valence-corrected chi connectivity index (χ0v) is 30.6. The van der Waals surface area contributed by atoms with Gasteiger partial charge in [-0.1, -0.05) is 146 Å². The van der Waals surface area contributed by atoms with Crippen LogP contribution < -0.4 is 4.90 Å². The Kier molecular flexibility index (Phi) is 7.39. The summed E-state index contributed by atoms with van der Waals surface area (Å²) >= 11 is 1.85. The molecule has 0 aliphatic rings. The van der Waals surface area contributed by atoms with Crippen LogP contribution in [0.15, 0.2) is 205 Å². The number of fused-ring (bicyclic) bond motifs is 7. The molecular weight excluding hydrogens is 687 g/mol. The van der Waals surface area contributed by atoms with E-state index in [-0.39, 0.29) is 0 Å². The zero-order valence-electron chi connectivity index (χ0n) is 29.8. The van der Waals surface area contributed by atoms with E-state index < -0.39 is 0 Å². The largest absolute Gasteiger partial charge is 0.454 e. The van der Waals surface area contributed by atoms with Gasteiger partial charge in [-0.2, -0.15) is 0 Å².